The van der Waals surface area contributed by atoms with Crippen molar-refractivity contribution in [3.63, 3.8) is 0 Å². The van der Waals surface area contributed by atoms with Gasteiger partial charge in [-0.2, -0.15) is 21.5 Å². The molecule has 2 heterocycles. The van der Waals surface area contributed by atoms with E-state index in [1.54, 1.807) is 23.7 Å². The van der Waals surface area contributed by atoms with Crippen molar-refractivity contribution in [3.05, 3.63) is 44.8 Å². The molecule has 1 unspecified atom stereocenters. The number of aromatic nitrogens is 2. The van der Waals surface area contributed by atoms with Gasteiger partial charge in [-0.05, 0) is 38.5 Å². The summed E-state index contributed by atoms with van der Waals surface area (Å²) in [7, 11) is 0. The minimum atomic E-state index is -0.0545. The summed E-state index contributed by atoms with van der Waals surface area (Å²) < 4.78 is 1.05. The zero-order valence-corrected chi connectivity index (χ0v) is 10.1. The number of nitrogens with one attached hydrogen (secondary N) is 1. The average Bonchev–Trinajstić information content (AvgIpc) is 2.68. The second kappa shape index (κ2) is 4.80. The van der Waals surface area contributed by atoms with Gasteiger partial charge >= 0.3 is 0 Å². The molecule has 0 saturated heterocycles. The van der Waals surface area contributed by atoms with Crippen molar-refractivity contribution in [2.24, 2.45) is 5.84 Å². The van der Waals surface area contributed by atoms with Crippen molar-refractivity contribution in [1.29, 1.82) is 0 Å². The summed E-state index contributed by atoms with van der Waals surface area (Å²) in [6, 6.07) is 1.84. The van der Waals surface area contributed by atoms with Crippen LogP contribution in [0.5, 0.6) is 0 Å². The number of halogens is 1. The molecule has 6 heteroatoms. The summed E-state index contributed by atoms with van der Waals surface area (Å²) in [5, 5.41) is 11.6. The first kappa shape index (κ1) is 10.7. The third-order valence-electron chi connectivity index (χ3n) is 2.06. The number of thiophene rings is 1. The molecule has 15 heavy (non-hydrogen) atoms. The first-order valence-corrected chi connectivity index (χ1v) is 6.01. The van der Waals surface area contributed by atoms with Crippen molar-refractivity contribution in [2.45, 2.75) is 6.04 Å². The summed E-state index contributed by atoms with van der Waals surface area (Å²) in [6.45, 7) is 0. The van der Waals surface area contributed by atoms with Gasteiger partial charge in [-0.25, -0.2) is 5.43 Å². The molecule has 0 aliphatic rings. The Labute approximate surface area is 99.6 Å². The van der Waals surface area contributed by atoms with E-state index in [0.29, 0.717) is 0 Å². The molecule has 2 aromatic rings. The van der Waals surface area contributed by atoms with Crippen molar-refractivity contribution in [3.8, 4) is 0 Å². The largest absolute Gasteiger partial charge is 0.271 e. The summed E-state index contributed by atoms with van der Waals surface area (Å²) in [5.41, 5.74) is 4.87. The predicted molar refractivity (Wildman–Crippen MR) is 63.2 cm³/mol. The maximum absolute atomic E-state index is 5.55. The lowest BCUT2D eigenvalue weighted by molar-refractivity contribution is 0.632. The molecular formula is C9H9BrN4S. The Morgan fingerprint density at radius 1 is 1.40 bits per heavy atom. The Bertz CT molecular complexity index is 431. The van der Waals surface area contributed by atoms with Gasteiger partial charge in [-0.15, -0.1) is 0 Å². The van der Waals surface area contributed by atoms with Crippen LogP contribution in [0, 0.1) is 0 Å². The van der Waals surface area contributed by atoms with Crippen LogP contribution in [0.2, 0.25) is 0 Å². The first-order chi connectivity index (χ1) is 7.33. The molecule has 0 aliphatic carbocycles. The molecule has 0 fully saturated rings. The van der Waals surface area contributed by atoms with Crippen LogP contribution < -0.4 is 11.3 Å². The van der Waals surface area contributed by atoms with E-state index in [9.17, 15) is 0 Å². The molecule has 0 aliphatic heterocycles. The molecule has 0 saturated carbocycles. The molecule has 1 atom stereocenters. The van der Waals surface area contributed by atoms with E-state index < -0.39 is 0 Å². The quantitative estimate of drug-likeness (QED) is 0.667. The molecule has 4 nitrogen and oxygen atoms in total. The fourth-order valence-electron chi connectivity index (χ4n) is 1.33. The lowest BCUT2D eigenvalue weighted by Crippen LogP contribution is -2.28. The molecule has 0 radical (unpaired) electrons. The maximum atomic E-state index is 5.55. The molecule has 2 aromatic heterocycles. The monoisotopic (exact) mass is 284 g/mol. The van der Waals surface area contributed by atoms with Crippen LogP contribution in [-0.4, -0.2) is 10.2 Å². The Hall–Kier alpha value is -0.820. The fourth-order valence-corrected chi connectivity index (χ4v) is 2.89. The van der Waals surface area contributed by atoms with E-state index in [4.69, 9.17) is 5.84 Å². The van der Waals surface area contributed by atoms with Crippen LogP contribution in [0.4, 0.5) is 0 Å². The van der Waals surface area contributed by atoms with E-state index in [1.165, 1.54) is 0 Å². The van der Waals surface area contributed by atoms with Gasteiger partial charge in [0.15, 0.2) is 0 Å². The van der Waals surface area contributed by atoms with Crippen molar-refractivity contribution in [2.75, 3.05) is 0 Å². The predicted octanol–water partition coefficient (Wildman–Crippen LogP) is 1.85. The van der Waals surface area contributed by atoms with Gasteiger partial charge in [0.25, 0.3) is 0 Å². The lowest BCUT2D eigenvalue weighted by Gasteiger charge is -2.14. The second-order valence-electron chi connectivity index (χ2n) is 2.95. The molecule has 0 spiro atoms. The first-order valence-electron chi connectivity index (χ1n) is 4.27. The van der Waals surface area contributed by atoms with Crippen LogP contribution in [0.15, 0.2) is 33.7 Å². The van der Waals surface area contributed by atoms with E-state index in [1.807, 2.05) is 11.4 Å². The van der Waals surface area contributed by atoms with Crippen LogP contribution in [-0.2, 0) is 0 Å². The van der Waals surface area contributed by atoms with E-state index in [0.717, 1.165) is 15.6 Å². The highest BCUT2D eigenvalue weighted by atomic mass is 79.9. The van der Waals surface area contributed by atoms with E-state index in [2.05, 4.69) is 36.9 Å². The van der Waals surface area contributed by atoms with Gasteiger partial charge in [-0.3, -0.25) is 5.84 Å². The third kappa shape index (κ3) is 2.23. The number of nitrogens with two attached hydrogens (primary N) is 1. The third-order valence-corrected chi connectivity index (χ3v) is 3.81. The van der Waals surface area contributed by atoms with E-state index >= 15 is 0 Å². The molecule has 78 valence electrons. The van der Waals surface area contributed by atoms with Gasteiger partial charge in [0.2, 0.25) is 0 Å². The molecule has 3 N–H and O–H groups in total. The Kier molecular flexibility index (Phi) is 3.42. The molecule has 0 bridgehead atoms. The standard InChI is InChI=1S/C9H9BrN4S/c10-8-5-15-4-7(8)9(14-11)6-1-2-12-13-3-6/h1-5,9,14H,11H2. The van der Waals surface area contributed by atoms with E-state index in [-0.39, 0.29) is 6.04 Å². The minimum Gasteiger partial charge on any atom is -0.271 e. The van der Waals surface area contributed by atoms with Crippen LogP contribution in [0.3, 0.4) is 0 Å². The average molecular weight is 285 g/mol. The van der Waals surface area contributed by atoms with Gasteiger partial charge < -0.3 is 0 Å². The van der Waals surface area contributed by atoms with Gasteiger partial charge in [0.05, 0.1) is 12.2 Å². The zero-order valence-electron chi connectivity index (χ0n) is 7.72. The Balaban J connectivity index is 2.37. The summed E-state index contributed by atoms with van der Waals surface area (Å²) >= 11 is 5.11. The topological polar surface area (TPSA) is 63.8 Å². The fraction of sp³-hybridized carbons (Fsp3) is 0.111. The normalized spacial score (nSPS) is 12.7. The number of rotatable bonds is 3. The maximum Gasteiger partial charge on any atom is 0.0745 e. The molecule has 0 aromatic carbocycles. The smallest absolute Gasteiger partial charge is 0.0745 e. The highest BCUT2D eigenvalue weighted by Crippen LogP contribution is 2.30. The number of hydrogen-bond donors (Lipinski definition) is 2. The highest BCUT2D eigenvalue weighted by molar-refractivity contribution is 9.10. The van der Waals surface area contributed by atoms with Crippen molar-refractivity contribution >= 4 is 27.3 Å². The van der Waals surface area contributed by atoms with Crippen LogP contribution in [0.25, 0.3) is 0 Å². The second-order valence-corrected chi connectivity index (χ2v) is 4.55. The summed E-state index contributed by atoms with van der Waals surface area (Å²) in [4.78, 5) is 0. The summed E-state index contributed by atoms with van der Waals surface area (Å²) in [6.07, 6.45) is 3.36. The number of hydrazine groups is 1. The molecule has 0 amide bonds. The Morgan fingerprint density at radius 3 is 2.80 bits per heavy atom. The van der Waals surface area contributed by atoms with Crippen molar-refractivity contribution < 1.29 is 0 Å². The minimum absolute atomic E-state index is 0.0545. The number of nitrogens with zero attached hydrogens (tertiary/aromatic N) is 2. The van der Waals surface area contributed by atoms with Gasteiger partial charge in [0, 0.05) is 16.0 Å². The highest BCUT2D eigenvalue weighted by Gasteiger charge is 2.15. The molecule has 2 rings (SSSR count). The van der Waals surface area contributed by atoms with Gasteiger partial charge in [-0.1, -0.05) is 0 Å². The molecular weight excluding hydrogens is 276 g/mol. The number of hydrogen-bond acceptors (Lipinski definition) is 5. The lowest BCUT2D eigenvalue weighted by atomic mass is 10.1. The van der Waals surface area contributed by atoms with Crippen molar-refractivity contribution in [1.82, 2.24) is 15.6 Å². The summed E-state index contributed by atoms with van der Waals surface area (Å²) in [5.74, 6) is 5.55. The van der Waals surface area contributed by atoms with Crippen LogP contribution in [0.1, 0.15) is 17.2 Å². The SMILES string of the molecule is NNC(c1ccnnc1)c1cscc1Br. The zero-order chi connectivity index (χ0) is 10.7. The van der Waals surface area contributed by atoms with Gasteiger partial charge in [0.1, 0.15) is 0 Å². The Morgan fingerprint density at radius 2 is 2.27 bits per heavy atom. The van der Waals surface area contributed by atoms with Crippen LogP contribution >= 0.6 is 27.3 Å².